The van der Waals surface area contributed by atoms with Crippen molar-refractivity contribution in [2.75, 3.05) is 7.11 Å². The van der Waals surface area contributed by atoms with Crippen LogP contribution >= 0.6 is 0 Å². The third kappa shape index (κ3) is 10.4. The first-order valence-electron chi connectivity index (χ1n) is 14.1. The van der Waals surface area contributed by atoms with Gasteiger partial charge in [0.15, 0.2) is 5.79 Å². The van der Waals surface area contributed by atoms with E-state index in [0.29, 0.717) is 11.8 Å². The third-order valence-corrected chi connectivity index (χ3v) is 7.70. The predicted octanol–water partition coefficient (Wildman–Crippen LogP) is 7.23. The number of aliphatic hydroxyl groups is 1. The molecule has 0 aromatic rings. The van der Waals surface area contributed by atoms with E-state index in [1.54, 1.807) is 12.2 Å². The van der Waals surface area contributed by atoms with Crippen molar-refractivity contribution >= 4 is 5.97 Å². The Morgan fingerprint density at radius 2 is 1.89 bits per heavy atom. The number of allylic oxidation sites excluding steroid dienone is 4. The van der Waals surface area contributed by atoms with Crippen LogP contribution in [0.4, 0.5) is 0 Å². The molecule has 0 aliphatic carbocycles. The van der Waals surface area contributed by atoms with Crippen molar-refractivity contribution in [3.63, 3.8) is 0 Å². The van der Waals surface area contributed by atoms with Crippen molar-refractivity contribution in [1.29, 1.82) is 0 Å². The number of esters is 1. The normalized spacial score (nSPS) is 30.8. The fourth-order valence-electron chi connectivity index (χ4n) is 5.05. The summed E-state index contributed by atoms with van der Waals surface area (Å²) in [6.07, 6.45) is 21.2. The highest BCUT2D eigenvalue weighted by atomic mass is 16.7. The number of unbranched alkanes of at least 4 members (excludes halogenated alkanes) is 1. The van der Waals surface area contributed by atoms with Crippen LogP contribution in [0, 0.1) is 17.8 Å². The third-order valence-electron chi connectivity index (χ3n) is 7.70. The minimum atomic E-state index is -0.683. The van der Waals surface area contributed by atoms with E-state index in [4.69, 9.17) is 9.47 Å². The molecule has 2 aliphatic rings. The summed E-state index contributed by atoms with van der Waals surface area (Å²) >= 11 is 0. The summed E-state index contributed by atoms with van der Waals surface area (Å²) in [4.78, 5) is 11.3. The van der Waals surface area contributed by atoms with Gasteiger partial charge in [-0.25, -0.2) is 4.79 Å². The second-order valence-electron chi connectivity index (χ2n) is 11.1. The van der Waals surface area contributed by atoms with Crippen LogP contribution in [0.3, 0.4) is 0 Å². The predicted molar refractivity (Wildman–Crippen MR) is 151 cm³/mol. The Morgan fingerprint density at radius 3 is 2.57 bits per heavy atom. The second-order valence-corrected chi connectivity index (χ2v) is 11.1. The zero-order chi connectivity index (χ0) is 27.4. The van der Waals surface area contributed by atoms with Gasteiger partial charge in [-0.2, -0.15) is 0 Å². The Labute approximate surface area is 225 Å². The molecule has 2 aliphatic heterocycles. The van der Waals surface area contributed by atoms with Crippen LogP contribution in [0.25, 0.3) is 0 Å². The fraction of sp³-hybridized carbons (Fsp3) is 0.656. The van der Waals surface area contributed by atoms with Gasteiger partial charge in [0.1, 0.15) is 0 Å². The monoisotopic (exact) mass is 514 g/mol. The average Bonchev–Trinajstić information content (AvgIpc) is 2.88. The summed E-state index contributed by atoms with van der Waals surface area (Å²) in [6.45, 7) is 14.5. The van der Waals surface area contributed by atoms with E-state index in [2.05, 4.69) is 43.4 Å². The van der Waals surface area contributed by atoms with E-state index in [1.165, 1.54) is 32.4 Å². The molecule has 7 atom stereocenters. The molecule has 2 rings (SSSR count). The molecule has 0 radical (unpaired) electrons. The molecule has 5 nitrogen and oxygen atoms in total. The van der Waals surface area contributed by atoms with Gasteiger partial charge in [-0.15, -0.1) is 0 Å². The maximum Gasteiger partial charge on any atom is 0.330 e. The van der Waals surface area contributed by atoms with Crippen molar-refractivity contribution in [2.24, 2.45) is 17.8 Å². The fourth-order valence-corrected chi connectivity index (χ4v) is 5.05. The number of carbonyl (C=O) groups is 1. The minimum absolute atomic E-state index is 0.0722. The molecule has 0 aromatic heterocycles. The maximum absolute atomic E-state index is 11.3. The minimum Gasteiger partial charge on any atom is -0.466 e. The Balaban J connectivity index is 2.01. The van der Waals surface area contributed by atoms with E-state index in [0.717, 1.165) is 43.3 Å². The Bertz CT molecular complexity index is 853. The first-order chi connectivity index (χ1) is 17.6. The molecular weight excluding hydrogens is 464 g/mol. The van der Waals surface area contributed by atoms with Gasteiger partial charge in [0, 0.05) is 24.8 Å². The topological polar surface area (TPSA) is 65.0 Å². The highest BCUT2D eigenvalue weighted by Crippen LogP contribution is 2.44. The van der Waals surface area contributed by atoms with Crippen LogP contribution in [0.15, 0.2) is 60.3 Å². The zero-order valence-corrected chi connectivity index (χ0v) is 23.9. The molecule has 2 saturated heterocycles. The van der Waals surface area contributed by atoms with Crippen LogP contribution in [0.2, 0.25) is 0 Å². The summed E-state index contributed by atoms with van der Waals surface area (Å²) < 4.78 is 18.1. The van der Waals surface area contributed by atoms with E-state index < -0.39 is 17.9 Å². The quantitative estimate of drug-likeness (QED) is 0.169. The molecule has 0 unspecified atom stereocenters. The van der Waals surface area contributed by atoms with Crippen LogP contribution in [0.5, 0.6) is 0 Å². The summed E-state index contributed by atoms with van der Waals surface area (Å²) in [7, 11) is 1.34. The molecule has 1 spiro atoms. The maximum atomic E-state index is 11.3. The Morgan fingerprint density at radius 1 is 1.16 bits per heavy atom. The van der Waals surface area contributed by atoms with Crippen LogP contribution in [-0.4, -0.2) is 42.3 Å². The largest absolute Gasteiger partial charge is 0.466 e. The van der Waals surface area contributed by atoms with Crippen LogP contribution < -0.4 is 0 Å². The van der Waals surface area contributed by atoms with Crippen molar-refractivity contribution in [3.05, 3.63) is 60.3 Å². The van der Waals surface area contributed by atoms with Crippen LogP contribution in [-0.2, 0) is 19.0 Å². The number of aliphatic hydroxyl groups excluding tert-OH is 1. The highest BCUT2D eigenvalue weighted by Gasteiger charge is 2.46. The van der Waals surface area contributed by atoms with Gasteiger partial charge in [0.25, 0.3) is 0 Å². The van der Waals surface area contributed by atoms with Crippen molar-refractivity contribution in [1.82, 2.24) is 0 Å². The Kier molecular flexibility index (Phi) is 13.1. The number of ether oxygens (including phenoxy) is 3. The molecule has 2 heterocycles. The molecule has 0 amide bonds. The summed E-state index contributed by atoms with van der Waals surface area (Å²) in [5.41, 5.74) is 2.12. The molecule has 1 N–H and O–H groups in total. The van der Waals surface area contributed by atoms with E-state index in [1.807, 2.05) is 26.8 Å². The second kappa shape index (κ2) is 15.5. The van der Waals surface area contributed by atoms with Crippen molar-refractivity contribution in [3.8, 4) is 0 Å². The van der Waals surface area contributed by atoms with Crippen LogP contribution in [0.1, 0.15) is 86.0 Å². The number of rotatable bonds is 12. The molecule has 0 bridgehead atoms. The molecule has 0 saturated carbocycles. The number of hydrogen-bond donors (Lipinski definition) is 1. The van der Waals surface area contributed by atoms with Crippen molar-refractivity contribution < 1.29 is 24.1 Å². The van der Waals surface area contributed by atoms with Gasteiger partial charge < -0.3 is 19.3 Å². The van der Waals surface area contributed by atoms with E-state index in [-0.39, 0.29) is 18.1 Å². The molecule has 208 valence electrons. The highest BCUT2D eigenvalue weighted by molar-refractivity contribution is 5.81. The molecule has 0 aromatic carbocycles. The first kappa shape index (κ1) is 31.3. The lowest BCUT2D eigenvalue weighted by molar-refractivity contribution is -0.324. The SMILES string of the molecule is C=C(C)C=C[C@@H]1O[C@]2(CC[C@@H]1CCCC)CC[C@H](C)[C@@H](CC=C(C)C=C[C@H](O)[C@@H](C)C=CC(=O)OC)O2. The van der Waals surface area contributed by atoms with Gasteiger partial charge in [-0.1, -0.05) is 87.8 Å². The Hall–Kier alpha value is -1.95. The molecule has 37 heavy (non-hydrogen) atoms. The van der Waals surface area contributed by atoms with Gasteiger partial charge in [-0.3, -0.25) is 0 Å². The van der Waals surface area contributed by atoms with Gasteiger partial charge in [-0.05, 0) is 51.4 Å². The lowest BCUT2D eigenvalue weighted by Crippen LogP contribution is -2.52. The average molecular weight is 515 g/mol. The van der Waals surface area contributed by atoms with Gasteiger partial charge >= 0.3 is 5.97 Å². The summed E-state index contributed by atoms with van der Waals surface area (Å²) in [5, 5.41) is 10.4. The molecule has 2 fully saturated rings. The molecule has 5 heteroatoms. The van der Waals surface area contributed by atoms with Crippen molar-refractivity contribution in [2.45, 2.75) is 110 Å². The van der Waals surface area contributed by atoms with E-state index in [9.17, 15) is 9.90 Å². The first-order valence-corrected chi connectivity index (χ1v) is 14.1. The standard InChI is InChI=1S/C32H50O5/c1-8-9-10-27-20-22-32(37-30(27)16-11-23(2)3)21-19-26(6)29(36-32)17-13-24(4)12-15-28(33)25(5)14-18-31(34)35-7/h11-16,18,25-30,33H,2,8-10,17,19-22H2,1,3-7H3/t25-,26-,27-,28-,29+,30-,32-/m0/s1. The lowest BCUT2D eigenvalue weighted by atomic mass is 9.81. The summed E-state index contributed by atoms with van der Waals surface area (Å²) in [5.74, 6) is -0.125. The zero-order valence-electron chi connectivity index (χ0n) is 23.9. The molecular formula is C32H50O5. The number of hydrogen-bond acceptors (Lipinski definition) is 5. The van der Waals surface area contributed by atoms with Gasteiger partial charge in [0.2, 0.25) is 0 Å². The lowest BCUT2D eigenvalue weighted by Gasteiger charge is -2.49. The summed E-state index contributed by atoms with van der Waals surface area (Å²) in [6, 6.07) is 0. The number of carbonyl (C=O) groups excluding carboxylic acids is 1. The van der Waals surface area contributed by atoms with Gasteiger partial charge in [0.05, 0.1) is 25.4 Å². The smallest absolute Gasteiger partial charge is 0.330 e. The van der Waals surface area contributed by atoms with E-state index >= 15 is 0 Å². The number of methoxy groups -OCH3 is 1.